The van der Waals surface area contributed by atoms with Gasteiger partial charge in [-0.25, -0.2) is 17.8 Å². The summed E-state index contributed by atoms with van der Waals surface area (Å²) in [5.74, 6) is -4.11. The van der Waals surface area contributed by atoms with Crippen molar-refractivity contribution in [3.05, 3.63) is 41.7 Å². The number of aromatic nitrogens is 2. The number of fused-ring (bicyclic) bond motifs is 1. The molecule has 0 saturated carbocycles. The second-order valence-corrected chi connectivity index (χ2v) is 4.04. The van der Waals surface area contributed by atoms with Gasteiger partial charge in [0.15, 0.2) is 28.5 Å². The number of rotatable bonds is 2. The first kappa shape index (κ1) is 12.3. The second-order valence-electron chi connectivity index (χ2n) is 4.04. The average molecular weight is 280 g/mol. The van der Waals surface area contributed by atoms with Gasteiger partial charge in [-0.3, -0.25) is 0 Å². The minimum atomic E-state index is -1.53. The summed E-state index contributed by atoms with van der Waals surface area (Å²) < 4.78 is 43.7. The maximum atomic E-state index is 13.1. The molecule has 102 valence electrons. The van der Waals surface area contributed by atoms with E-state index in [2.05, 4.69) is 20.3 Å². The second kappa shape index (κ2) is 4.41. The van der Waals surface area contributed by atoms with Crippen LogP contribution >= 0.6 is 0 Å². The Morgan fingerprint density at radius 2 is 1.65 bits per heavy atom. The number of halogens is 3. The zero-order valence-corrected chi connectivity index (χ0v) is 9.82. The van der Waals surface area contributed by atoms with Gasteiger partial charge in [0, 0.05) is 17.8 Å². The van der Waals surface area contributed by atoms with Gasteiger partial charge in [-0.05, 0) is 22.4 Å². The Morgan fingerprint density at radius 3 is 2.35 bits per heavy atom. The Morgan fingerprint density at radius 1 is 1.00 bits per heavy atom. The molecule has 20 heavy (non-hydrogen) atoms. The smallest absolute Gasteiger partial charge is 0.194 e. The van der Waals surface area contributed by atoms with Gasteiger partial charge in [0.2, 0.25) is 0 Å². The van der Waals surface area contributed by atoms with E-state index in [0.29, 0.717) is 22.4 Å². The van der Waals surface area contributed by atoms with Crippen LogP contribution in [0, 0.1) is 17.5 Å². The van der Waals surface area contributed by atoms with Crippen molar-refractivity contribution in [2.24, 2.45) is 0 Å². The largest absolute Gasteiger partial charge is 0.397 e. The van der Waals surface area contributed by atoms with E-state index in [9.17, 15) is 13.2 Å². The minimum absolute atomic E-state index is 0.0236. The predicted octanol–water partition coefficient (Wildman–Crippen LogP) is 2.97. The minimum Gasteiger partial charge on any atom is -0.397 e. The predicted molar refractivity (Wildman–Crippen MR) is 65.8 cm³/mol. The Labute approximate surface area is 110 Å². The number of nitrogens with zero attached hydrogens (tertiary/aromatic N) is 2. The summed E-state index contributed by atoms with van der Waals surface area (Å²) in [6.07, 6.45) is 0. The van der Waals surface area contributed by atoms with Crippen molar-refractivity contribution in [1.82, 2.24) is 10.3 Å². The molecule has 1 heterocycles. The van der Waals surface area contributed by atoms with Crippen molar-refractivity contribution >= 4 is 28.1 Å². The van der Waals surface area contributed by atoms with E-state index in [1.807, 2.05) is 0 Å². The fourth-order valence-electron chi connectivity index (χ4n) is 1.77. The van der Waals surface area contributed by atoms with Crippen molar-refractivity contribution in [1.29, 1.82) is 0 Å². The maximum absolute atomic E-state index is 13.1. The van der Waals surface area contributed by atoms with Gasteiger partial charge in [-0.15, -0.1) is 0 Å². The molecule has 0 radical (unpaired) electrons. The van der Waals surface area contributed by atoms with Gasteiger partial charge < -0.3 is 11.1 Å². The van der Waals surface area contributed by atoms with Gasteiger partial charge >= 0.3 is 0 Å². The van der Waals surface area contributed by atoms with Crippen molar-refractivity contribution in [3.63, 3.8) is 0 Å². The number of hydrogen-bond donors (Lipinski definition) is 2. The van der Waals surface area contributed by atoms with E-state index >= 15 is 0 Å². The lowest BCUT2D eigenvalue weighted by Crippen LogP contribution is -1.97. The van der Waals surface area contributed by atoms with Crippen molar-refractivity contribution < 1.29 is 17.8 Å². The molecule has 0 spiro atoms. The van der Waals surface area contributed by atoms with Crippen LogP contribution in [0.15, 0.2) is 28.9 Å². The maximum Gasteiger partial charge on any atom is 0.194 e. The van der Waals surface area contributed by atoms with Gasteiger partial charge in [0.25, 0.3) is 0 Å². The topological polar surface area (TPSA) is 77.0 Å². The number of hydrogen-bond acceptors (Lipinski definition) is 5. The Kier molecular flexibility index (Phi) is 2.70. The first-order valence-corrected chi connectivity index (χ1v) is 5.48. The number of nitrogen functional groups attached to an aromatic ring is 1. The Hall–Kier alpha value is -2.77. The summed E-state index contributed by atoms with van der Waals surface area (Å²) in [4.78, 5) is 0. The molecule has 3 N–H and O–H groups in total. The van der Waals surface area contributed by atoms with Crippen molar-refractivity contribution in [3.8, 4) is 0 Å². The lowest BCUT2D eigenvalue weighted by Gasteiger charge is -2.08. The first-order valence-electron chi connectivity index (χ1n) is 5.48. The van der Waals surface area contributed by atoms with E-state index < -0.39 is 17.5 Å². The molecular weight excluding hydrogens is 273 g/mol. The highest BCUT2D eigenvalue weighted by molar-refractivity contribution is 5.96. The highest BCUT2D eigenvalue weighted by atomic mass is 19.2. The number of nitrogens with two attached hydrogens (primary N) is 1. The third-order valence-corrected chi connectivity index (χ3v) is 2.71. The molecule has 0 aliphatic heterocycles. The zero-order chi connectivity index (χ0) is 14.3. The van der Waals surface area contributed by atoms with E-state index in [-0.39, 0.29) is 5.69 Å². The monoisotopic (exact) mass is 280 g/mol. The Balaban J connectivity index is 2.06. The van der Waals surface area contributed by atoms with Crippen LogP contribution < -0.4 is 11.1 Å². The fraction of sp³-hybridized carbons (Fsp3) is 0. The molecule has 2 aromatic carbocycles. The zero-order valence-electron chi connectivity index (χ0n) is 9.82. The third-order valence-electron chi connectivity index (χ3n) is 2.71. The van der Waals surface area contributed by atoms with Crippen LogP contribution in [0.1, 0.15) is 0 Å². The molecule has 0 saturated heterocycles. The first-order chi connectivity index (χ1) is 9.56. The molecule has 0 bridgehead atoms. The summed E-state index contributed by atoms with van der Waals surface area (Å²) in [7, 11) is 0. The van der Waals surface area contributed by atoms with Crippen LogP contribution in [0.2, 0.25) is 0 Å². The SMILES string of the molecule is Nc1ccc(Nc2cc(F)c(F)c(F)c2)c2nonc12. The van der Waals surface area contributed by atoms with Crippen LogP contribution in [-0.4, -0.2) is 10.3 Å². The lowest BCUT2D eigenvalue weighted by atomic mass is 10.2. The van der Waals surface area contributed by atoms with E-state index in [1.54, 1.807) is 6.07 Å². The van der Waals surface area contributed by atoms with Crippen LogP contribution in [-0.2, 0) is 0 Å². The Bertz CT molecular complexity index is 779. The van der Waals surface area contributed by atoms with Gasteiger partial charge in [-0.2, -0.15) is 0 Å². The number of nitrogens with one attached hydrogen (secondary N) is 1. The summed E-state index contributed by atoms with van der Waals surface area (Å²) in [5, 5.41) is 9.96. The van der Waals surface area contributed by atoms with Gasteiger partial charge in [0.05, 0.1) is 11.4 Å². The van der Waals surface area contributed by atoms with Crippen LogP contribution in [0.5, 0.6) is 0 Å². The molecule has 0 amide bonds. The van der Waals surface area contributed by atoms with Crippen LogP contribution in [0.25, 0.3) is 11.0 Å². The summed E-state index contributed by atoms with van der Waals surface area (Å²) in [6.45, 7) is 0. The average Bonchev–Trinajstić information content (AvgIpc) is 2.89. The molecule has 0 aliphatic rings. The molecule has 8 heteroatoms. The normalized spacial score (nSPS) is 10.9. The van der Waals surface area contributed by atoms with E-state index in [1.165, 1.54) is 6.07 Å². The van der Waals surface area contributed by atoms with Gasteiger partial charge in [0.1, 0.15) is 0 Å². The van der Waals surface area contributed by atoms with Crippen molar-refractivity contribution in [2.45, 2.75) is 0 Å². The van der Waals surface area contributed by atoms with Crippen molar-refractivity contribution in [2.75, 3.05) is 11.1 Å². The molecule has 0 fully saturated rings. The molecule has 1 aromatic heterocycles. The highest BCUT2D eigenvalue weighted by Crippen LogP contribution is 2.28. The van der Waals surface area contributed by atoms with E-state index in [0.717, 1.165) is 12.1 Å². The number of anilines is 3. The highest BCUT2D eigenvalue weighted by Gasteiger charge is 2.13. The number of benzene rings is 2. The molecule has 5 nitrogen and oxygen atoms in total. The molecular formula is C12H7F3N4O. The van der Waals surface area contributed by atoms with Crippen LogP contribution in [0.4, 0.5) is 30.2 Å². The van der Waals surface area contributed by atoms with E-state index in [4.69, 9.17) is 5.73 Å². The van der Waals surface area contributed by atoms with Crippen LogP contribution in [0.3, 0.4) is 0 Å². The summed E-state index contributed by atoms with van der Waals surface area (Å²) in [5.41, 5.74) is 7.04. The third kappa shape index (κ3) is 1.91. The lowest BCUT2D eigenvalue weighted by molar-refractivity contribution is 0.316. The molecule has 0 unspecified atom stereocenters. The standard InChI is InChI=1S/C12H7F3N4O/c13-6-3-5(4-7(14)10(6)15)17-9-2-1-8(16)11-12(9)19-20-18-11/h1-4,17H,16H2. The summed E-state index contributed by atoms with van der Waals surface area (Å²) in [6, 6.07) is 4.73. The fourth-order valence-corrected chi connectivity index (χ4v) is 1.77. The molecule has 0 atom stereocenters. The van der Waals surface area contributed by atoms with Gasteiger partial charge in [-0.1, -0.05) is 0 Å². The quantitative estimate of drug-likeness (QED) is 0.557. The molecule has 3 aromatic rings. The summed E-state index contributed by atoms with van der Waals surface area (Å²) >= 11 is 0. The molecule has 3 rings (SSSR count). The molecule has 0 aliphatic carbocycles.